The second-order valence-corrected chi connectivity index (χ2v) is 9.46. The van der Waals surface area contributed by atoms with Crippen LogP contribution in [0.2, 0.25) is 0 Å². The molecule has 0 amide bonds. The summed E-state index contributed by atoms with van der Waals surface area (Å²) in [6.45, 7) is 5.55. The summed E-state index contributed by atoms with van der Waals surface area (Å²) in [6, 6.07) is 10.9. The van der Waals surface area contributed by atoms with Gasteiger partial charge in [-0.2, -0.15) is 28.6 Å². The highest BCUT2D eigenvalue weighted by Gasteiger charge is 2.42. The van der Waals surface area contributed by atoms with Crippen molar-refractivity contribution in [3.05, 3.63) is 64.7 Å². The van der Waals surface area contributed by atoms with Crippen LogP contribution in [0.15, 0.2) is 36.7 Å². The molecule has 38 heavy (non-hydrogen) atoms. The van der Waals surface area contributed by atoms with Crippen LogP contribution in [0.25, 0.3) is 17.1 Å². The molecule has 1 atom stereocenters. The lowest BCUT2D eigenvalue weighted by Crippen LogP contribution is -2.21. The highest BCUT2D eigenvalue weighted by atomic mass is 19.4. The summed E-state index contributed by atoms with van der Waals surface area (Å²) in [7, 11) is 0. The quantitative estimate of drug-likeness (QED) is 0.348. The fraction of sp³-hybridized carbons (Fsp3) is 0.346. The molecule has 0 aliphatic heterocycles. The minimum Gasteiger partial charge on any atom is -0.379 e. The molecule has 0 radical (unpaired) electrons. The lowest BCUT2D eigenvalue weighted by Gasteiger charge is -2.15. The fourth-order valence-electron chi connectivity index (χ4n) is 4.45. The van der Waals surface area contributed by atoms with Gasteiger partial charge in [0, 0.05) is 35.0 Å². The number of nitrogens with zero attached hydrogens (tertiary/aromatic N) is 7. The molecule has 0 saturated heterocycles. The van der Waals surface area contributed by atoms with Gasteiger partial charge in [0.25, 0.3) is 0 Å². The van der Waals surface area contributed by atoms with E-state index < -0.39 is 12.3 Å². The Balaban J connectivity index is 1.50. The van der Waals surface area contributed by atoms with Crippen LogP contribution in [0.4, 0.5) is 24.8 Å². The first kappa shape index (κ1) is 25.4. The number of alkyl halides is 3. The van der Waals surface area contributed by atoms with E-state index in [1.54, 1.807) is 18.2 Å². The van der Waals surface area contributed by atoms with E-state index in [0.717, 1.165) is 42.0 Å². The summed E-state index contributed by atoms with van der Waals surface area (Å²) < 4.78 is 42.8. The number of hydrogen-bond acceptors (Lipinski definition) is 7. The molecule has 196 valence electrons. The molecule has 0 bridgehead atoms. The van der Waals surface area contributed by atoms with Crippen LogP contribution in [0.5, 0.6) is 0 Å². The minimum absolute atomic E-state index is 0.0610. The van der Waals surface area contributed by atoms with Gasteiger partial charge < -0.3 is 10.4 Å². The third-order valence-electron chi connectivity index (χ3n) is 6.65. The summed E-state index contributed by atoms with van der Waals surface area (Å²) in [5.41, 5.74) is 3.00. The third kappa shape index (κ3) is 4.84. The van der Waals surface area contributed by atoms with Crippen molar-refractivity contribution in [1.29, 1.82) is 5.26 Å². The van der Waals surface area contributed by atoms with Crippen molar-refractivity contribution in [2.75, 3.05) is 5.32 Å². The van der Waals surface area contributed by atoms with Crippen molar-refractivity contribution in [3.8, 4) is 23.1 Å². The summed E-state index contributed by atoms with van der Waals surface area (Å²) in [4.78, 5) is 8.50. The predicted molar refractivity (Wildman–Crippen MR) is 133 cm³/mol. The largest absolute Gasteiger partial charge is 0.418 e. The highest BCUT2D eigenvalue weighted by molar-refractivity contribution is 5.72. The molecule has 12 heteroatoms. The first-order valence-electron chi connectivity index (χ1n) is 12.0. The lowest BCUT2D eigenvalue weighted by molar-refractivity contribution is -0.207. The van der Waals surface area contributed by atoms with E-state index in [1.165, 1.54) is 24.9 Å². The molecule has 4 aromatic rings. The third-order valence-corrected chi connectivity index (χ3v) is 6.65. The Hall–Kier alpha value is -4.24. The van der Waals surface area contributed by atoms with Crippen LogP contribution in [0.1, 0.15) is 47.0 Å². The minimum atomic E-state index is -4.81. The second-order valence-electron chi connectivity index (χ2n) is 9.46. The molecule has 5 rings (SSSR count). The van der Waals surface area contributed by atoms with Crippen LogP contribution in [-0.2, 0) is 6.54 Å². The Bertz CT molecular complexity index is 1530. The number of anilines is 2. The van der Waals surface area contributed by atoms with E-state index in [0.29, 0.717) is 17.3 Å². The number of hydrogen-bond donors (Lipinski definition) is 2. The molecule has 3 heterocycles. The molecule has 9 nitrogen and oxygen atoms in total. The molecular formula is C26H25F3N8O. The molecule has 1 aliphatic rings. The maximum Gasteiger partial charge on any atom is 0.418 e. The Labute approximate surface area is 216 Å². The van der Waals surface area contributed by atoms with Gasteiger partial charge in [-0.25, -0.2) is 19.3 Å². The SMILES string of the molecule is Cc1nn(-c2cc(Nc3c(C)c(-c4ccc(C#N)cc4)nn3CC3CC3)ncn2)c(C)c1[C@H](O)C(F)(F)F. The summed E-state index contributed by atoms with van der Waals surface area (Å²) in [5.74, 6) is 1.94. The fourth-order valence-corrected chi connectivity index (χ4v) is 4.45. The molecule has 1 aliphatic carbocycles. The normalized spacial score (nSPS) is 14.4. The first-order chi connectivity index (χ1) is 18.1. The van der Waals surface area contributed by atoms with Crippen molar-refractivity contribution < 1.29 is 18.3 Å². The van der Waals surface area contributed by atoms with Crippen LogP contribution >= 0.6 is 0 Å². The zero-order chi connectivity index (χ0) is 27.2. The highest BCUT2D eigenvalue weighted by Crippen LogP contribution is 2.37. The molecular weight excluding hydrogens is 497 g/mol. The monoisotopic (exact) mass is 522 g/mol. The number of nitriles is 1. The van der Waals surface area contributed by atoms with Crippen molar-refractivity contribution in [3.63, 3.8) is 0 Å². The zero-order valence-corrected chi connectivity index (χ0v) is 21.0. The molecule has 2 N–H and O–H groups in total. The van der Waals surface area contributed by atoms with Crippen molar-refractivity contribution in [1.82, 2.24) is 29.5 Å². The van der Waals surface area contributed by atoms with E-state index in [1.807, 2.05) is 23.7 Å². The van der Waals surface area contributed by atoms with Gasteiger partial charge in [-0.3, -0.25) is 0 Å². The van der Waals surface area contributed by atoms with Gasteiger partial charge >= 0.3 is 6.18 Å². The average molecular weight is 523 g/mol. The van der Waals surface area contributed by atoms with Gasteiger partial charge in [-0.1, -0.05) is 12.1 Å². The van der Waals surface area contributed by atoms with Crippen molar-refractivity contribution in [2.45, 2.75) is 52.4 Å². The molecule has 0 unspecified atom stereocenters. The van der Waals surface area contributed by atoms with E-state index >= 15 is 0 Å². The average Bonchev–Trinajstić information content (AvgIpc) is 3.59. The van der Waals surface area contributed by atoms with Crippen LogP contribution in [0.3, 0.4) is 0 Å². The van der Waals surface area contributed by atoms with Gasteiger partial charge in [0.1, 0.15) is 18.0 Å². The summed E-state index contributed by atoms with van der Waals surface area (Å²) in [5, 5.41) is 31.3. The van der Waals surface area contributed by atoms with E-state index in [4.69, 9.17) is 10.4 Å². The van der Waals surface area contributed by atoms with Gasteiger partial charge in [0.15, 0.2) is 11.9 Å². The molecule has 1 saturated carbocycles. The number of nitrogens with one attached hydrogen (secondary N) is 1. The van der Waals surface area contributed by atoms with Crippen molar-refractivity contribution >= 4 is 11.6 Å². The van der Waals surface area contributed by atoms with Crippen LogP contribution in [-0.4, -0.2) is 40.8 Å². The lowest BCUT2D eigenvalue weighted by atomic mass is 10.1. The number of halogens is 3. The number of benzene rings is 1. The van der Waals surface area contributed by atoms with Gasteiger partial charge in [0.05, 0.1) is 23.0 Å². The number of aromatic nitrogens is 6. The van der Waals surface area contributed by atoms with Gasteiger partial charge in [-0.05, 0) is 51.7 Å². The Morgan fingerprint density at radius 2 is 1.84 bits per heavy atom. The molecule has 1 aromatic carbocycles. The second kappa shape index (κ2) is 9.57. The predicted octanol–water partition coefficient (Wildman–Crippen LogP) is 5.07. The number of aryl methyl sites for hydroxylation is 1. The van der Waals surface area contributed by atoms with Crippen LogP contribution in [0, 0.1) is 38.0 Å². The molecule has 0 spiro atoms. The maximum absolute atomic E-state index is 13.2. The summed E-state index contributed by atoms with van der Waals surface area (Å²) >= 11 is 0. The van der Waals surface area contributed by atoms with E-state index in [2.05, 4.69) is 26.5 Å². The summed E-state index contributed by atoms with van der Waals surface area (Å²) in [6.07, 6.45) is -3.90. The number of aliphatic hydroxyl groups is 1. The van der Waals surface area contributed by atoms with Crippen LogP contribution < -0.4 is 5.32 Å². The van der Waals surface area contributed by atoms with E-state index in [9.17, 15) is 18.3 Å². The smallest absolute Gasteiger partial charge is 0.379 e. The molecule has 3 aromatic heterocycles. The Morgan fingerprint density at radius 3 is 2.47 bits per heavy atom. The van der Waals surface area contributed by atoms with Gasteiger partial charge in [-0.15, -0.1) is 0 Å². The maximum atomic E-state index is 13.2. The van der Waals surface area contributed by atoms with Gasteiger partial charge in [0.2, 0.25) is 0 Å². The topological polar surface area (TPSA) is 117 Å². The zero-order valence-electron chi connectivity index (χ0n) is 21.0. The standard InChI is InChI=1S/C26H25F3N8O/c1-14-23(19-8-6-17(11-30)7-9-19)35-36(12-18-4-5-18)25(14)33-20-10-21(32-13-31-20)37-16(3)22(15(2)34-37)24(38)26(27,28)29/h6-10,13,18,24,38H,4-5,12H2,1-3H3,(H,31,32,33)/t24-/m0/s1. The molecule has 1 fully saturated rings. The number of aliphatic hydroxyl groups excluding tert-OH is 1. The Kier molecular flexibility index (Phi) is 6.40. The van der Waals surface area contributed by atoms with Crippen molar-refractivity contribution in [2.24, 2.45) is 5.92 Å². The number of rotatable bonds is 7. The first-order valence-corrected chi connectivity index (χ1v) is 12.0. The van der Waals surface area contributed by atoms with E-state index in [-0.39, 0.29) is 22.8 Å². The Morgan fingerprint density at radius 1 is 1.13 bits per heavy atom.